The fourth-order valence-electron chi connectivity index (χ4n) is 3.16. The van der Waals surface area contributed by atoms with Gasteiger partial charge in [-0.2, -0.15) is 0 Å². The van der Waals surface area contributed by atoms with Crippen LogP contribution in [0.15, 0.2) is 0 Å². The molecule has 0 bridgehead atoms. The van der Waals surface area contributed by atoms with Gasteiger partial charge in [-0.15, -0.1) is 0 Å². The fourth-order valence-corrected chi connectivity index (χ4v) is 3.16. The number of rotatable bonds is 6. The standard InChI is InChI=1S/C16H34N2/c1-12(2)7-8-17-10-15(5)18-11-13(3)9-14(4)16(18)6/h12-17H,7-11H2,1-6H3. The van der Waals surface area contributed by atoms with Gasteiger partial charge in [0, 0.05) is 25.2 Å². The van der Waals surface area contributed by atoms with Gasteiger partial charge in [-0.1, -0.05) is 27.7 Å². The quantitative estimate of drug-likeness (QED) is 0.731. The molecule has 1 N–H and O–H groups in total. The van der Waals surface area contributed by atoms with Gasteiger partial charge in [0.25, 0.3) is 0 Å². The maximum atomic E-state index is 3.62. The van der Waals surface area contributed by atoms with E-state index in [2.05, 4.69) is 51.8 Å². The predicted octanol–water partition coefficient (Wildman–Crippen LogP) is 3.38. The van der Waals surface area contributed by atoms with Crippen LogP contribution < -0.4 is 5.32 Å². The van der Waals surface area contributed by atoms with Gasteiger partial charge in [0.2, 0.25) is 0 Å². The van der Waals surface area contributed by atoms with Gasteiger partial charge in [0.1, 0.15) is 0 Å². The molecule has 0 amide bonds. The Bertz CT molecular complexity index is 227. The van der Waals surface area contributed by atoms with E-state index in [9.17, 15) is 0 Å². The van der Waals surface area contributed by atoms with Crippen molar-refractivity contribution in [2.24, 2.45) is 17.8 Å². The summed E-state index contributed by atoms with van der Waals surface area (Å²) >= 11 is 0. The minimum atomic E-state index is 0.664. The highest BCUT2D eigenvalue weighted by Crippen LogP contribution is 2.28. The minimum absolute atomic E-state index is 0.664. The van der Waals surface area contributed by atoms with Crippen molar-refractivity contribution in [1.82, 2.24) is 10.2 Å². The molecule has 0 radical (unpaired) electrons. The second-order valence-electron chi connectivity index (χ2n) is 6.99. The van der Waals surface area contributed by atoms with Crippen molar-refractivity contribution >= 4 is 0 Å². The van der Waals surface area contributed by atoms with Gasteiger partial charge in [0.15, 0.2) is 0 Å². The first-order valence-corrected chi connectivity index (χ1v) is 7.88. The lowest BCUT2D eigenvalue weighted by Crippen LogP contribution is -2.52. The zero-order valence-electron chi connectivity index (χ0n) is 13.4. The third kappa shape index (κ3) is 4.89. The Hall–Kier alpha value is -0.0800. The van der Waals surface area contributed by atoms with E-state index in [4.69, 9.17) is 0 Å². The molecular weight excluding hydrogens is 220 g/mol. The summed E-state index contributed by atoms with van der Waals surface area (Å²) in [6.45, 7) is 17.7. The van der Waals surface area contributed by atoms with Gasteiger partial charge >= 0.3 is 0 Å². The third-order valence-corrected chi connectivity index (χ3v) is 4.55. The summed E-state index contributed by atoms with van der Waals surface area (Å²) in [5.41, 5.74) is 0. The van der Waals surface area contributed by atoms with Gasteiger partial charge in [-0.05, 0) is 51.0 Å². The van der Waals surface area contributed by atoms with E-state index in [1.165, 1.54) is 19.4 Å². The van der Waals surface area contributed by atoms with E-state index in [0.717, 1.165) is 36.9 Å². The van der Waals surface area contributed by atoms with Crippen molar-refractivity contribution < 1.29 is 0 Å². The van der Waals surface area contributed by atoms with E-state index in [1.807, 2.05) is 0 Å². The molecule has 1 fully saturated rings. The molecule has 2 nitrogen and oxygen atoms in total. The highest BCUT2D eigenvalue weighted by Gasteiger charge is 2.31. The van der Waals surface area contributed by atoms with Crippen LogP contribution in [0.4, 0.5) is 0 Å². The normalized spacial score (nSPS) is 31.8. The van der Waals surface area contributed by atoms with Crippen molar-refractivity contribution in [2.45, 2.75) is 66.5 Å². The second-order valence-corrected chi connectivity index (χ2v) is 6.99. The predicted molar refractivity (Wildman–Crippen MR) is 80.9 cm³/mol. The van der Waals surface area contributed by atoms with E-state index in [1.54, 1.807) is 0 Å². The highest BCUT2D eigenvalue weighted by molar-refractivity contribution is 4.85. The lowest BCUT2D eigenvalue weighted by Gasteiger charge is -2.44. The van der Waals surface area contributed by atoms with E-state index >= 15 is 0 Å². The maximum absolute atomic E-state index is 3.62. The summed E-state index contributed by atoms with van der Waals surface area (Å²) in [5.74, 6) is 2.50. The summed E-state index contributed by atoms with van der Waals surface area (Å²) in [7, 11) is 0. The molecule has 108 valence electrons. The Morgan fingerprint density at radius 2 is 1.83 bits per heavy atom. The Kier molecular flexibility index (Phi) is 6.65. The van der Waals surface area contributed by atoms with Crippen LogP contribution >= 0.6 is 0 Å². The molecule has 1 aliphatic heterocycles. The average Bonchev–Trinajstić information content (AvgIpc) is 2.28. The summed E-state index contributed by atoms with van der Waals surface area (Å²) in [5, 5.41) is 3.62. The average molecular weight is 254 g/mol. The Morgan fingerprint density at radius 1 is 1.17 bits per heavy atom. The van der Waals surface area contributed by atoms with Gasteiger partial charge in [0.05, 0.1) is 0 Å². The van der Waals surface area contributed by atoms with Crippen LogP contribution in [0.25, 0.3) is 0 Å². The van der Waals surface area contributed by atoms with Crippen LogP contribution in [0.3, 0.4) is 0 Å². The molecule has 1 rings (SSSR count). The molecule has 0 aromatic rings. The summed E-state index contributed by atoms with van der Waals surface area (Å²) < 4.78 is 0. The molecule has 0 saturated carbocycles. The topological polar surface area (TPSA) is 15.3 Å². The smallest absolute Gasteiger partial charge is 0.0195 e. The number of piperidine rings is 1. The largest absolute Gasteiger partial charge is 0.315 e. The molecule has 1 heterocycles. The first-order chi connectivity index (χ1) is 8.41. The molecule has 18 heavy (non-hydrogen) atoms. The molecule has 0 aromatic heterocycles. The molecule has 0 aromatic carbocycles. The molecule has 2 heteroatoms. The SMILES string of the molecule is CC(C)CCNCC(C)N1CC(C)CC(C)C1C. The molecule has 1 saturated heterocycles. The van der Waals surface area contributed by atoms with Crippen LogP contribution in [0, 0.1) is 17.8 Å². The molecule has 0 aliphatic carbocycles. The van der Waals surface area contributed by atoms with Gasteiger partial charge in [-0.25, -0.2) is 0 Å². The lowest BCUT2D eigenvalue weighted by atomic mass is 9.85. The number of hydrogen-bond acceptors (Lipinski definition) is 2. The third-order valence-electron chi connectivity index (χ3n) is 4.55. The minimum Gasteiger partial charge on any atom is -0.315 e. The van der Waals surface area contributed by atoms with E-state index in [-0.39, 0.29) is 0 Å². The molecular formula is C16H34N2. The first-order valence-electron chi connectivity index (χ1n) is 7.88. The van der Waals surface area contributed by atoms with Crippen molar-refractivity contribution in [3.63, 3.8) is 0 Å². The number of nitrogens with zero attached hydrogens (tertiary/aromatic N) is 1. The zero-order valence-corrected chi connectivity index (χ0v) is 13.4. The highest BCUT2D eigenvalue weighted by atomic mass is 15.2. The Balaban J connectivity index is 2.33. The summed E-state index contributed by atoms with van der Waals surface area (Å²) in [6, 6.07) is 1.40. The zero-order chi connectivity index (χ0) is 13.7. The lowest BCUT2D eigenvalue weighted by molar-refractivity contribution is 0.0465. The Morgan fingerprint density at radius 3 is 2.44 bits per heavy atom. The summed E-state index contributed by atoms with van der Waals surface area (Å²) in [6.07, 6.45) is 2.68. The van der Waals surface area contributed by atoms with Crippen LogP contribution in [0.2, 0.25) is 0 Å². The van der Waals surface area contributed by atoms with Crippen LogP contribution in [-0.4, -0.2) is 36.6 Å². The first kappa shape index (κ1) is 16.0. The molecule has 1 aliphatic rings. The van der Waals surface area contributed by atoms with E-state index in [0.29, 0.717) is 6.04 Å². The van der Waals surface area contributed by atoms with E-state index < -0.39 is 0 Å². The van der Waals surface area contributed by atoms with Gasteiger partial charge < -0.3 is 5.32 Å². The monoisotopic (exact) mass is 254 g/mol. The van der Waals surface area contributed by atoms with Crippen molar-refractivity contribution in [2.75, 3.05) is 19.6 Å². The van der Waals surface area contributed by atoms with Crippen molar-refractivity contribution in [3.05, 3.63) is 0 Å². The van der Waals surface area contributed by atoms with Crippen LogP contribution in [0.5, 0.6) is 0 Å². The number of likely N-dealkylation sites (tertiary alicyclic amines) is 1. The molecule has 4 unspecified atom stereocenters. The Labute approximate surface area is 115 Å². The second kappa shape index (κ2) is 7.49. The fraction of sp³-hybridized carbons (Fsp3) is 1.00. The summed E-state index contributed by atoms with van der Waals surface area (Å²) in [4.78, 5) is 2.71. The van der Waals surface area contributed by atoms with Crippen molar-refractivity contribution in [1.29, 1.82) is 0 Å². The maximum Gasteiger partial charge on any atom is 0.0195 e. The number of hydrogen-bond donors (Lipinski definition) is 1. The van der Waals surface area contributed by atoms with Crippen LogP contribution in [0.1, 0.15) is 54.4 Å². The number of nitrogens with one attached hydrogen (secondary N) is 1. The van der Waals surface area contributed by atoms with Crippen LogP contribution in [-0.2, 0) is 0 Å². The van der Waals surface area contributed by atoms with Gasteiger partial charge in [-0.3, -0.25) is 4.90 Å². The molecule has 4 atom stereocenters. The van der Waals surface area contributed by atoms with Crippen molar-refractivity contribution in [3.8, 4) is 0 Å². The molecule has 0 spiro atoms.